The summed E-state index contributed by atoms with van der Waals surface area (Å²) in [5, 5.41) is 18.0. The van der Waals surface area contributed by atoms with E-state index in [2.05, 4.69) is 6.58 Å². The molecule has 6 heteroatoms. The number of benzene rings is 1. The SMILES string of the molecule is C=C(C)C(=O)OC(C)Cc1ccc(C(=O)O)c(C(=O)O)c1. The van der Waals surface area contributed by atoms with Gasteiger partial charge < -0.3 is 14.9 Å². The number of ether oxygens (including phenoxy) is 1. The van der Waals surface area contributed by atoms with Crippen molar-refractivity contribution in [3.05, 3.63) is 47.0 Å². The van der Waals surface area contributed by atoms with Gasteiger partial charge in [0.1, 0.15) is 6.10 Å². The van der Waals surface area contributed by atoms with Crippen LogP contribution in [-0.2, 0) is 16.0 Å². The number of hydrogen-bond donors (Lipinski definition) is 2. The summed E-state index contributed by atoms with van der Waals surface area (Å²) in [6.07, 6.45) is -0.203. The lowest BCUT2D eigenvalue weighted by Gasteiger charge is -2.14. The molecule has 1 atom stereocenters. The van der Waals surface area contributed by atoms with Crippen LogP contribution >= 0.6 is 0 Å². The fourth-order valence-corrected chi connectivity index (χ4v) is 1.74. The van der Waals surface area contributed by atoms with Gasteiger partial charge in [-0.15, -0.1) is 0 Å². The zero-order valence-electron chi connectivity index (χ0n) is 11.8. The van der Waals surface area contributed by atoms with Crippen LogP contribution in [0.2, 0.25) is 0 Å². The molecule has 0 bridgehead atoms. The Morgan fingerprint density at radius 1 is 1.19 bits per heavy atom. The summed E-state index contributed by atoms with van der Waals surface area (Å²) in [7, 11) is 0. The van der Waals surface area contributed by atoms with E-state index in [1.807, 2.05) is 0 Å². The minimum absolute atomic E-state index is 0.273. The zero-order chi connectivity index (χ0) is 16.2. The van der Waals surface area contributed by atoms with Crippen LogP contribution in [0.4, 0.5) is 0 Å². The van der Waals surface area contributed by atoms with Gasteiger partial charge in [-0.2, -0.15) is 0 Å². The van der Waals surface area contributed by atoms with Crippen molar-refractivity contribution < 1.29 is 29.3 Å². The Morgan fingerprint density at radius 2 is 1.76 bits per heavy atom. The highest BCUT2D eigenvalue weighted by Gasteiger charge is 2.18. The molecule has 1 rings (SSSR count). The molecule has 1 aromatic rings. The smallest absolute Gasteiger partial charge is 0.336 e. The molecule has 0 aliphatic carbocycles. The van der Waals surface area contributed by atoms with E-state index >= 15 is 0 Å². The third kappa shape index (κ3) is 4.45. The molecule has 0 heterocycles. The Bertz CT molecular complexity index is 602. The van der Waals surface area contributed by atoms with E-state index < -0.39 is 24.0 Å². The van der Waals surface area contributed by atoms with Crippen LogP contribution in [0.15, 0.2) is 30.4 Å². The van der Waals surface area contributed by atoms with Crippen LogP contribution in [0.5, 0.6) is 0 Å². The lowest BCUT2D eigenvalue weighted by molar-refractivity contribution is -0.143. The highest BCUT2D eigenvalue weighted by atomic mass is 16.5. The van der Waals surface area contributed by atoms with Gasteiger partial charge >= 0.3 is 17.9 Å². The Labute approximate surface area is 121 Å². The van der Waals surface area contributed by atoms with Crippen LogP contribution in [0.3, 0.4) is 0 Å². The standard InChI is InChI=1S/C15H16O6/c1-8(2)15(20)21-9(3)6-10-4-5-11(13(16)17)12(7-10)14(18)19/h4-5,7,9H,1,6H2,2-3H3,(H,16,17)(H,18,19). The Morgan fingerprint density at radius 3 is 2.24 bits per heavy atom. The van der Waals surface area contributed by atoms with Gasteiger partial charge in [-0.25, -0.2) is 14.4 Å². The van der Waals surface area contributed by atoms with Crippen molar-refractivity contribution >= 4 is 17.9 Å². The molecule has 21 heavy (non-hydrogen) atoms. The maximum absolute atomic E-state index is 11.4. The highest BCUT2D eigenvalue weighted by Crippen LogP contribution is 2.15. The Kier molecular flexibility index (Phi) is 5.24. The fraction of sp³-hybridized carbons (Fsp3) is 0.267. The van der Waals surface area contributed by atoms with Gasteiger partial charge in [0.05, 0.1) is 11.1 Å². The summed E-state index contributed by atoms with van der Waals surface area (Å²) in [6.45, 7) is 6.65. The quantitative estimate of drug-likeness (QED) is 0.615. The van der Waals surface area contributed by atoms with Gasteiger partial charge in [-0.3, -0.25) is 0 Å². The third-order valence-electron chi connectivity index (χ3n) is 2.72. The average Bonchev–Trinajstić information content (AvgIpc) is 2.37. The first-order valence-electron chi connectivity index (χ1n) is 6.18. The summed E-state index contributed by atoms with van der Waals surface area (Å²) in [6, 6.07) is 4.01. The predicted octanol–water partition coefficient (Wildman–Crippen LogP) is 2.13. The number of rotatable bonds is 6. The minimum atomic E-state index is -1.32. The molecule has 0 aliphatic rings. The van der Waals surface area contributed by atoms with Crippen molar-refractivity contribution in [3.63, 3.8) is 0 Å². The molecule has 0 aliphatic heterocycles. The summed E-state index contributed by atoms with van der Waals surface area (Å²) >= 11 is 0. The fourth-order valence-electron chi connectivity index (χ4n) is 1.74. The van der Waals surface area contributed by atoms with Crippen molar-refractivity contribution in [3.8, 4) is 0 Å². The van der Waals surface area contributed by atoms with Crippen molar-refractivity contribution in [2.24, 2.45) is 0 Å². The van der Waals surface area contributed by atoms with Crippen molar-refractivity contribution in [1.82, 2.24) is 0 Å². The van der Waals surface area contributed by atoms with Gasteiger partial charge in [-0.1, -0.05) is 12.6 Å². The molecule has 112 valence electrons. The molecule has 1 unspecified atom stereocenters. The molecule has 0 spiro atoms. The van der Waals surface area contributed by atoms with Crippen molar-refractivity contribution in [2.45, 2.75) is 26.4 Å². The molecule has 0 saturated carbocycles. The molecule has 0 saturated heterocycles. The minimum Gasteiger partial charge on any atom is -0.478 e. The first-order chi connectivity index (χ1) is 9.72. The number of carbonyl (C=O) groups is 3. The zero-order valence-corrected chi connectivity index (χ0v) is 11.8. The number of aromatic carboxylic acids is 2. The summed E-state index contributed by atoms with van der Waals surface area (Å²) in [4.78, 5) is 33.4. The highest BCUT2D eigenvalue weighted by molar-refractivity contribution is 6.01. The van der Waals surface area contributed by atoms with Gasteiger partial charge in [0.25, 0.3) is 0 Å². The first kappa shape index (κ1) is 16.4. The normalized spacial score (nSPS) is 11.5. The predicted molar refractivity (Wildman–Crippen MR) is 74.4 cm³/mol. The summed E-state index contributed by atoms with van der Waals surface area (Å²) in [5.41, 5.74) is 0.268. The van der Waals surface area contributed by atoms with E-state index in [1.54, 1.807) is 6.92 Å². The molecule has 2 N–H and O–H groups in total. The third-order valence-corrected chi connectivity index (χ3v) is 2.72. The number of carboxylic acids is 2. The number of esters is 1. The van der Waals surface area contributed by atoms with Crippen LogP contribution in [0.25, 0.3) is 0 Å². The summed E-state index contributed by atoms with van der Waals surface area (Å²) in [5.74, 6) is -3.15. The number of carbonyl (C=O) groups excluding carboxylic acids is 1. The average molecular weight is 292 g/mol. The summed E-state index contributed by atoms with van der Waals surface area (Å²) < 4.78 is 5.09. The van der Waals surface area contributed by atoms with Crippen molar-refractivity contribution in [2.75, 3.05) is 0 Å². The molecule has 1 aromatic carbocycles. The molecule has 0 amide bonds. The lowest BCUT2D eigenvalue weighted by Crippen LogP contribution is -2.18. The topological polar surface area (TPSA) is 101 Å². The van der Waals surface area contributed by atoms with E-state index in [4.69, 9.17) is 14.9 Å². The van der Waals surface area contributed by atoms with E-state index in [1.165, 1.54) is 25.1 Å². The van der Waals surface area contributed by atoms with E-state index in [0.29, 0.717) is 5.56 Å². The number of carboxylic acid groups (broad SMARTS) is 2. The van der Waals surface area contributed by atoms with Crippen LogP contribution < -0.4 is 0 Å². The lowest BCUT2D eigenvalue weighted by atomic mass is 10.0. The van der Waals surface area contributed by atoms with E-state index in [-0.39, 0.29) is 23.1 Å². The molecule has 0 fully saturated rings. The Hall–Kier alpha value is -2.63. The van der Waals surface area contributed by atoms with Crippen LogP contribution in [0, 0.1) is 0 Å². The van der Waals surface area contributed by atoms with Gasteiger partial charge in [-0.05, 0) is 31.5 Å². The van der Waals surface area contributed by atoms with E-state index in [0.717, 1.165) is 0 Å². The number of hydrogen-bond acceptors (Lipinski definition) is 4. The van der Waals surface area contributed by atoms with Gasteiger partial charge in [0.15, 0.2) is 0 Å². The van der Waals surface area contributed by atoms with Crippen LogP contribution in [-0.4, -0.2) is 34.2 Å². The van der Waals surface area contributed by atoms with Gasteiger partial charge in [0, 0.05) is 12.0 Å². The monoisotopic (exact) mass is 292 g/mol. The van der Waals surface area contributed by atoms with E-state index in [9.17, 15) is 14.4 Å². The maximum Gasteiger partial charge on any atom is 0.336 e. The largest absolute Gasteiger partial charge is 0.478 e. The molecular formula is C15H16O6. The first-order valence-corrected chi connectivity index (χ1v) is 6.18. The van der Waals surface area contributed by atoms with Crippen molar-refractivity contribution in [1.29, 1.82) is 0 Å². The second kappa shape index (κ2) is 6.69. The van der Waals surface area contributed by atoms with Gasteiger partial charge in [0.2, 0.25) is 0 Å². The maximum atomic E-state index is 11.4. The molecule has 6 nitrogen and oxygen atoms in total. The molecule has 0 aromatic heterocycles. The second-order valence-corrected chi connectivity index (χ2v) is 4.69. The molecule has 0 radical (unpaired) electrons. The second-order valence-electron chi connectivity index (χ2n) is 4.69. The van der Waals surface area contributed by atoms with Crippen LogP contribution in [0.1, 0.15) is 40.1 Å². The Balaban J connectivity index is 2.92. The molecular weight excluding hydrogens is 276 g/mol.